The zero-order valence-corrected chi connectivity index (χ0v) is 17.6. The maximum atomic E-state index is 5.52. The molecule has 1 unspecified atom stereocenters. The van der Waals surface area contributed by atoms with Crippen molar-refractivity contribution in [3.05, 3.63) is 24.3 Å². The van der Waals surface area contributed by atoms with E-state index in [1.807, 2.05) is 19.2 Å². The van der Waals surface area contributed by atoms with Gasteiger partial charge in [0.25, 0.3) is 0 Å². The minimum absolute atomic E-state index is 0.404. The fourth-order valence-corrected chi connectivity index (χ4v) is 4.25. The maximum Gasteiger partial charge on any atom is 0.191 e. The topological polar surface area (TPSA) is 52.1 Å². The van der Waals surface area contributed by atoms with Gasteiger partial charge in [-0.25, -0.2) is 0 Å². The average molecular weight is 388 g/mol. The van der Waals surface area contributed by atoms with Crippen molar-refractivity contribution in [3.63, 3.8) is 0 Å². The Hall–Kier alpha value is -1.95. The van der Waals surface area contributed by atoms with E-state index in [-0.39, 0.29) is 0 Å². The summed E-state index contributed by atoms with van der Waals surface area (Å²) in [6.07, 6.45) is 7.80. The minimum atomic E-state index is 0.404. The lowest BCUT2D eigenvalue weighted by molar-refractivity contribution is 0.282. The lowest BCUT2D eigenvalue weighted by Gasteiger charge is -2.22. The monoisotopic (exact) mass is 387 g/mol. The molecule has 0 aromatic heterocycles. The molecular weight excluding hydrogens is 350 g/mol. The highest BCUT2D eigenvalue weighted by Crippen LogP contribution is 2.30. The molecule has 2 heterocycles. The Morgan fingerprint density at radius 1 is 1.14 bits per heavy atom. The number of rotatable bonds is 7. The number of ether oxygens (including phenoxy) is 1. The van der Waals surface area contributed by atoms with Gasteiger partial charge in [-0.15, -0.1) is 0 Å². The van der Waals surface area contributed by atoms with Gasteiger partial charge in [0, 0.05) is 32.7 Å². The van der Waals surface area contributed by atoms with Crippen molar-refractivity contribution in [1.29, 1.82) is 0 Å². The third-order valence-corrected chi connectivity index (χ3v) is 5.82. The van der Waals surface area contributed by atoms with E-state index in [0.717, 1.165) is 37.8 Å². The van der Waals surface area contributed by atoms with Gasteiger partial charge < -0.3 is 25.2 Å². The zero-order chi connectivity index (χ0) is 19.6. The lowest BCUT2D eigenvalue weighted by Crippen LogP contribution is -2.45. The van der Waals surface area contributed by atoms with Crippen molar-refractivity contribution in [1.82, 2.24) is 15.5 Å². The molecule has 2 aliphatic rings. The van der Waals surface area contributed by atoms with Gasteiger partial charge in [-0.3, -0.25) is 4.99 Å². The van der Waals surface area contributed by atoms with E-state index in [1.54, 1.807) is 7.11 Å². The molecule has 0 bridgehead atoms. The number of hydrogen-bond donors (Lipinski definition) is 2. The van der Waals surface area contributed by atoms with Crippen LogP contribution in [-0.4, -0.2) is 70.3 Å². The Morgan fingerprint density at radius 3 is 2.68 bits per heavy atom. The number of methoxy groups -OCH3 is 1. The molecule has 0 radical (unpaired) electrons. The van der Waals surface area contributed by atoms with Gasteiger partial charge in [0.2, 0.25) is 0 Å². The fourth-order valence-electron chi connectivity index (χ4n) is 4.25. The molecular formula is C22H37N5O. The summed E-state index contributed by atoms with van der Waals surface area (Å²) in [5, 5.41) is 7.09. The quantitative estimate of drug-likeness (QED) is 0.428. The molecule has 28 heavy (non-hydrogen) atoms. The molecule has 156 valence electrons. The molecule has 0 aliphatic carbocycles. The molecule has 0 spiro atoms. The SMILES string of the molecule is CN=C(NCCCN1CCCCCC1)NC1CCN(c2ccccc2OC)C1. The number of nitrogens with zero attached hydrogens (tertiary/aromatic N) is 3. The molecule has 6 nitrogen and oxygen atoms in total. The van der Waals surface area contributed by atoms with Crippen LogP contribution in [0.5, 0.6) is 5.75 Å². The Labute approximate surface area is 170 Å². The smallest absolute Gasteiger partial charge is 0.191 e. The van der Waals surface area contributed by atoms with Crippen LogP contribution in [0.4, 0.5) is 5.69 Å². The highest BCUT2D eigenvalue weighted by Gasteiger charge is 2.25. The summed E-state index contributed by atoms with van der Waals surface area (Å²) >= 11 is 0. The summed E-state index contributed by atoms with van der Waals surface area (Å²) in [5.74, 6) is 1.86. The first kappa shape index (κ1) is 20.8. The number of likely N-dealkylation sites (tertiary alicyclic amines) is 1. The van der Waals surface area contributed by atoms with Crippen molar-refractivity contribution in [2.45, 2.75) is 44.6 Å². The van der Waals surface area contributed by atoms with Crippen LogP contribution >= 0.6 is 0 Å². The molecule has 3 rings (SSSR count). The molecule has 1 atom stereocenters. The van der Waals surface area contributed by atoms with Crippen molar-refractivity contribution in [2.24, 2.45) is 4.99 Å². The third kappa shape index (κ3) is 6.03. The Morgan fingerprint density at radius 2 is 1.93 bits per heavy atom. The summed E-state index contributed by atoms with van der Waals surface area (Å²) in [5.41, 5.74) is 1.18. The van der Waals surface area contributed by atoms with E-state index >= 15 is 0 Å². The Balaban J connectivity index is 1.39. The molecule has 1 aromatic rings. The highest BCUT2D eigenvalue weighted by atomic mass is 16.5. The van der Waals surface area contributed by atoms with E-state index in [2.05, 4.69) is 37.6 Å². The zero-order valence-electron chi connectivity index (χ0n) is 17.6. The van der Waals surface area contributed by atoms with Gasteiger partial charge in [0.15, 0.2) is 5.96 Å². The second-order valence-corrected chi connectivity index (χ2v) is 7.86. The van der Waals surface area contributed by atoms with Crippen molar-refractivity contribution >= 4 is 11.6 Å². The van der Waals surface area contributed by atoms with Crippen LogP contribution in [0.2, 0.25) is 0 Å². The van der Waals surface area contributed by atoms with Crippen LogP contribution in [0.15, 0.2) is 29.3 Å². The van der Waals surface area contributed by atoms with E-state index in [4.69, 9.17) is 4.74 Å². The Bertz CT molecular complexity index is 613. The van der Waals surface area contributed by atoms with Crippen molar-refractivity contribution in [3.8, 4) is 5.75 Å². The van der Waals surface area contributed by atoms with Crippen LogP contribution in [0.3, 0.4) is 0 Å². The van der Waals surface area contributed by atoms with Gasteiger partial charge >= 0.3 is 0 Å². The van der Waals surface area contributed by atoms with Crippen LogP contribution in [0.25, 0.3) is 0 Å². The number of benzene rings is 1. The second-order valence-electron chi connectivity index (χ2n) is 7.86. The summed E-state index contributed by atoms with van der Waals surface area (Å²) in [6, 6.07) is 8.66. The summed E-state index contributed by atoms with van der Waals surface area (Å²) in [4.78, 5) is 9.43. The van der Waals surface area contributed by atoms with Gasteiger partial charge in [0.1, 0.15) is 5.75 Å². The minimum Gasteiger partial charge on any atom is -0.495 e. The highest BCUT2D eigenvalue weighted by molar-refractivity contribution is 5.80. The van der Waals surface area contributed by atoms with Crippen LogP contribution in [0, 0.1) is 0 Å². The molecule has 2 N–H and O–H groups in total. The Kier molecular flexibility index (Phi) is 8.27. The maximum absolute atomic E-state index is 5.52. The van der Waals surface area contributed by atoms with Gasteiger partial charge in [-0.2, -0.15) is 0 Å². The summed E-state index contributed by atoms with van der Waals surface area (Å²) < 4.78 is 5.52. The first-order chi connectivity index (χ1) is 13.8. The third-order valence-electron chi connectivity index (χ3n) is 5.82. The van der Waals surface area contributed by atoms with E-state index in [9.17, 15) is 0 Å². The number of aliphatic imine (C=N–C) groups is 1. The first-order valence-corrected chi connectivity index (χ1v) is 10.9. The fraction of sp³-hybridized carbons (Fsp3) is 0.682. The number of hydrogen-bond acceptors (Lipinski definition) is 4. The molecule has 0 amide bonds. The molecule has 2 saturated heterocycles. The van der Waals surface area contributed by atoms with Crippen LogP contribution in [0.1, 0.15) is 38.5 Å². The summed E-state index contributed by atoms with van der Waals surface area (Å²) in [6.45, 7) is 6.70. The van der Waals surface area contributed by atoms with E-state index in [0.29, 0.717) is 6.04 Å². The largest absolute Gasteiger partial charge is 0.495 e. The number of nitrogens with one attached hydrogen (secondary N) is 2. The van der Waals surface area contributed by atoms with Crippen molar-refractivity contribution < 1.29 is 4.74 Å². The number of guanidine groups is 1. The molecule has 0 saturated carbocycles. The van der Waals surface area contributed by atoms with Gasteiger partial charge in [-0.1, -0.05) is 25.0 Å². The molecule has 2 fully saturated rings. The molecule has 6 heteroatoms. The van der Waals surface area contributed by atoms with Crippen LogP contribution < -0.4 is 20.3 Å². The van der Waals surface area contributed by atoms with E-state index in [1.165, 1.54) is 57.4 Å². The summed E-state index contributed by atoms with van der Waals surface area (Å²) in [7, 11) is 3.60. The predicted octanol–water partition coefficient (Wildman–Crippen LogP) is 2.71. The lowest BCUT2D eigenvalue weighted by atomic mass is 10.2. The second kappa shape index (κ2) is 11.1. The first-order valence-electron chi connectivity index (χ1n) is 10.9. The molecule has 2 aliphatic heterocycles. The van der Waals surface area contributed by atoms with Crippen LogP contribution in [-0.2, 0) is 0 Å². The predicted molar refractivity (Wildman–Crippen MR) is 118 cm³/mol. The van der Waals surface area contributed by atoms with Gasteiger partial charge in [-0.05, 0) is 57.5 Å². The normalized spacial score (nSPS) is 21.4. The van der Waals surface area contributed by atoms with Gasteiger partial charge in [0.05, 0.1) is 12.8 Å². The number of para-hydroxylation sites is 2. The number of anilines is 1. The standard InChI is InChI=1S/C22H37N5O/c1-23-22(24-13-9-16-26-14-7-3-4-8-15-26)25-19-12-17-27(18-19)20-10-5-6-11-21(20)28-2/h5-6,10-11,19H,3-4,7-9,12-18H2,1-2H3,(H2,23,24,25). The van der Waals surface area contributed by atoms with Crippen molar-refractivity contribution in [2.75, 3.05) is 58.3 Å². The molecule has 1 aromatic carbocycles. The van der Waals surface area contributed by atoms with E-state index < -0.39 is 0 Å². The average Bonchev–Trinajstić information content (AvgIpc) is 3.04.